The molecule has 0 radical (unpaired) electrons. The molecule has 0 unspecified atom stereocenters. The van der Waals surface area contributed by atoms with Crippen LogP contribution >= 0.6 is 0 Å². The first kappa shape index (κ1) is 18.5. The van der Waals surface area contributed by atoms with Crippen LogP contribution in [0.4, 0.5) is 0 Å². The van der Waals surface area contributed by atoms with Crippen LogP contribution in [0.3, 0.4) is 0 Å². The van der Waals surface area contributed by atoms with Crippen LogP contribution in [-0.4, -0.2) is 51.7 Å². The number of ketones is 1. The first-order valence-electron chi connectivity index (χ1n) is 6.73. The fraction of sp³-hybridized carbons (Fsp3) is 0.769. The van der Waals surface area contributed by atoms with Gasteiger partial charge in [-0.05, 0) is 19.8 Å². The van der Waals surface area contributed by atoms with E-state index in [2.05, 4.69) is 0 Å². The minimum atomic E-state index is -2.21. The van der Waals surface area contributed by atoms with Crippen molar-refractivity contribution in [2.45, 2.75) is 52.0 Å². The van der Waals surface area contributed by atoms with Crippen LogP contribution in [0.15, 0.2) is 0 Å². The molecule has 0 aliphatic carbocycles. The Morgan fingerprint density at radius 2 is 1.65 bits per heavy atom. The number of rotatable bonds is 11. The van der Waals surface area contributed by atoms with E-state index < -0.39 is 23.3 Å². The summed E-state index contributed by atoms with van der Waals surface area (Å²) in [4.78, 5) is 39.4. The molecular formula is C13H23NO6. The zero-order valence-electron chi connectivity index (χ0n) is 12.2. The third-order valence-corrected chi connectivity index (χ3v) is 3.01. The van der Waals surface area contributed by atoms with Gasteiger partial charge in [0.2, 0.25) is 5.54 Å². The van der Waals surface area contributed by atoms with Gasteiger partial charge in [-0.1, -0.05) is 26.7 Å². The predicted molar refractivity (Wildman–Crippen MR) is 71.2 cm³/mol. The Labute approximate surface area is 118 Å². The summed E-state index contributed by atoms with van der Waals surface area (Å²) in [6.07, 6.45) is 2.91. The van der Waals surface area contributed by atoms with E-state index in [-0.39, 0.29) is 13.2 Å². The second kappa shape index (κ2) is 8.65. The third kappa shape index (κ3) is 4.57. The lowest BCUT2D eigenvalue weighted by Gasteiger charge is -2.34. The molecule has 0 saturated carbocycles. The van der Waals surface area contributed by atoms with Crippen molar-refractivity contribution in [1.82, 2.24) is 5.06 Å². The van der Waals surface area contributed by atoms with Gasteiger partial charge in [-0.25, -0.2) is 9.59 Å². The molecule has 20 heavy (non-hydrogen) atoms. The smallest absolute Gasteiger partial charge is 0.374 e. The van der Waals surface area contributed by atoms with Crippen LogP contribution in [0.5, 0.6) is 0 Å². The van der Waals surface area contributed by atoms with Crippen molar-refractivity contribution in [1.29, 1.82) is 0 Å². The van der Waals surface area contributed by atoms with E-state index in [0.717, 1.165) is 24.8 Å². The van der Waals surface area contributed by atoms with Crippen molar-refractivity contribution in [2.24, 2.45) is 0 Å². The van der Waals surface area contributed by atoms with Crippen LogP contribution in [0.2, 0.25) is 0 Å². The third-order valence-electron chi connectivity index (χ3n) is 3.01. The number of hydroxylamine groups is 2. The van der Waals surface area contributed by atoms with E-state index in [9.17, 15) is 19.5 Å². The molecule has 116 valence electrons. The maximum Gasteiger partial charge on any atom is 0.374 e. The number of Topliss-reactive ketones (excluding diaryl/α,β-unsaturated/α-hetero) is 1. The standard InChI is InChI=1S/C13H23NO6/c1-4-6-8-14(20-9-7-5-2)13(3,12(18)19)10(15)11(16)17/h4-9H2,1-3H3,(H,16,17)(H,18,19)/t13-/m1/s1. The molecule has 0 aromatic rings. The molecule has 0 fully saturated rings. The summed E-state index contributed by atoms with van der Waals surface area (Å²) >= 11 is 0. The zero-order valence-corrected chi connectivity index (χ0v) is 12.2. The summed E-state index contributed by atoms with van der Waals surface area (Å²) in [5.74, 6) is -4.72. The second-order valence-electron chi connectivity index (χ2n) is 4.65. The number of unbranched alkanes of at least 4 members (excludes halogenated alkanes) is 2. The van der Waals surface area contributed by atoms with E-state index in [1.807, 2.05) is 13.8 Å². The molecule has 0 amide bonds. The molecule has 0 rings (SSSR count). The summed E-state index contributed by atoms with van der Waals surface area (Å²) in [6, 6.07) is 0. The largest absolute Gasteiger partial charge is 0.479 e. The van der Waals surface area contributed by atoms with E-state index in [1.165, 1.54) is 0 Å². The monoisotopic (exact) mass is 289 g/mol. The van der Waals surface area contributed by atoms with E-state index >= 15 is 0 Å². The molecule has 0 aromatic heterocycles. The Hall–Kier alpha value is -1.47. The van der Waals surface area contributed by atoms with Crippen molar-refractivity contribution < 1.29 is 29.4 Å². The SMILES string of the molecule is CCCCON(CCCC)[C@@](C)(C(=O)O)C(=O)C(=O)O. The molecule has 0 bridgehead atoms. The van der Waals surface area contributed by atoms with Crippen LogP contribution in [0.1, 0.15) is 46.5 Å². The summed E-state index contributed by atoms with van der Waals surface area (Å²) < 4.78 is 0. The molecule has 7 nitrogen and oxygen atoms in total. The molecule has 0 aliphatic heterocycles. The van der Waals surface area contributed by atoms with Crippen molar-refractivity contribution in [3.05, 3.63) is 0 Å². The number of carboxylic acid groups (broad SMARTS) is 2. The summed E-state index contributed by atoms with van der Waals surface area (Å²) in [5.41, 5.74) is -2.21. The molecule has 0 aromatic carbocycles. The Kier molecular flexibility index (Phi) is 8.02. The quantitative estimate of drug-likeness (QED) is 0.256. The van der Waals surface area contributed by atoms with E-state index in [0.29, 0.717) is 12.8 Å². The first-order valence-corrected chi connectivity index (χ1v) is 6.73. The number of carbonyl (C=O) groups excluding carboxylic acids is 1. The lowest BCUT2D eigenvalue weighted by Crippen LogP contribution is -2.60. The predicted octanol–water partition coefficient (Wildman–Crippen LogP) is 1.32. The van der Waals surface area contributed by atoms with Crippen LogP contribution in [-0.2, 0) is 19.2 Å². The van der Waals surface area contributed by atoms with Gasteiger partial charge in [0.05, 0.1) is 6.61 Å². The number of nitrogens with zero attached hydrogens (tertiary/aromatic N) is 1. The summed E-state index contributed by atoms with van der Waals surface area (Å²) in [7, 11) is 0. The molecular weight excluding hydrogens is 266 g/mol. The van der Waals surface area contributed by atoms with Crippen LogP contribution < -0.4 is 0 Å². The average molecular weight is 289 g/mol. The highest BCUT2D eigenvalue weighted by molar-refractivity contribution is 6.40. The Morgan fingerprint density at radius 3 is 2.05 bits per heavy atom. The fourth-order valence-corrected chi connectivity index (χ4v) is 1.56. The van der Waals surface area contributed by atoms with Gasteiger partial charge in [0, 0.05) is 6.54 Å². The van der Waals surface area contributed by atoms with E-state index in [1.54, 1.807) is 0 Å². The van der Waals surface area contributed by atoms with Gasteiger partial charge in [-0.15, -0.1) is 0 Å². The van der Waals surface area contributed by atoms with E-state index in [4.69, 9.17) is 9.94 Å². The zero-order chi connectivity index (χ0) is 15.8. The molecule has 1 atom stereocenters. The lowest BCUT2D eigenvalue weighted by molar-refractivity contribution is -0.225. The maximum absolute atomic E-state index is 11.7. The highest BCUT2D eigenvalue weighted by Gasteiger charge is 2.51. The number of carbonyl (C=O) groups is 3. The summed E-state index contributed by atoms with van der Waals surface area (Å²) in [6.45, 7) is 5.34. The van der Waals surface area contributed by atoms with Crippen LogP contribution in [0, 0.1) is 0 Å². The highest BCUT2D eigenvalue weighted by Crippen LogP contribution is 2.19. The van der Waals surface area contributed by atoms with Gasteiger partial charge in [-0.3, -0.25) is 9.63 Å². The molecule has 2 N–H and O–H groups in total. The first-order chi connectivity index (χ1) is 9.32. The molecule has 7 heteroatoms. The number of hydrogen-bond acceptors (Lipinski definition) is 5. The highest BCUT2D eigenvalue weighted by atomic mass is 16.7. The van der Waals surface area contributed by atoms with Gasteiger partial charge in [-0.2, -0.15) is 5.06 Å². The fourth-order valence-electron chi connectivity index (χ4n) is 1.56. The van der Waals surface area contributed by atoms with Gasteiger partial charge in [0.1, 0.15) is 0 Å². The number of carboxylic acids is 2. The Bertz CT molecular complexity index is 357. The van der Waals surface area contributed by atoms with Crippen molar-refractivity contribution in [2.75, 3.05) is 13.2 Å². The maximum atomic E-state index is 11.7. The number of hydrogen-bond donors (Lipinski definition) is 2. The molecule has 0 saturated heterocycles. The van der Waals surface area contributed by atoms with Gasteiger partial charge >= 0.3 is 11.9 Å². The van der Waals surface area contributed by atoms with Crippen molar-refractivity contribution in [3.63, 3.8) is 0 Å². The minimum Gasteiger partial charge on any atom is -0.479 e. The van der Waals surface area contributed by atoms with Crippen molar-refractivity contribution >= 4 is 17.7 Å². The van der Waals surface area contributed by atoms with Crippen LogP contribution in [0.25, 0.3) is 0 Å². The van der Waals surface area contributed by atoms with Gasteiger partial charge in [0.15, 0.2) is 0 Å². The van der Waals surface area contributed by atoms with Gasteiger partial charge < -0.3 is 10.2 Å². The normalized spacial score (nSPS) is 14.0. The number of aliphatic carboxylic acids is 2. The molecule has 0 spiro atoms. The van der Waals surface area contributed by atoms with Gasteiger partial charge in [0.25, 0.3) is 5.78 Å². The average Bonchev–Trinajstić information content (AvgIpc) is 2.40. The molecule has 0 aliphatic rings. The molecule has 0 heterocycles. The second-order valence-corrected chi connectivity index (χ2v) is 4.65. The topological polar surface area (TPSA) is 104 Å². The minimum absolute atomic E-state index is 0.183. The Morgan fingerprint density at radius 1 is 1.10 bits per heavy atom. The summed E-state index contributed by atoms with van der Waals surface area (Å²) in [5, 5.41) is 19.1. The lowest BCUT2D eigenvalue weighted by atomic mass is 9.95. The van der Waals surface area contributed by atoms with Crippen molar-refractivity contribution in [3.8, 4) is 0 Å². The Balaban J connectivity index is 5.23.